The highest BCUT2D eigenvalue weighted by Crippen LogP contribution is 2.36. The number of anilines is 1. The van der Waals surface area contributed by atoms with Crippen molar-refractivity contribution in [3.05, 3.63) is 40.4 Å². The molecule has 2 rings (SSSR count). The highest BCUT2D eigenvalue weighted by molar-refractivity contribution is 7.85. The molecule has 140 valence electrons. The van der Waals surface area contributed by atoms with Gasteiger partial charge in [-0.1, -0.05) is 23.2 Å². The van der Waals surface area contributed by atoms with Crippen LogP contribution in [0.3, 0.4) is 0 Å². The van der Waals surface area contributed by atoms with Gasteiger partial charge >= 0.3 is 0 Å². The fourth-order valence-electron chi connectivity index (χ4n) is 1.86. The van der Waals surface area contributed by atoms with Crippen LogP contribution in [-0.2, 0) is 10.1 Å². The van der Waals surface area contributed by atoms with Gasteiger partial charge in [0.2, 0.25) is 0 Å². The first-order valence-electron chi connectivity index (χ1n) is 7.23. The van der Waals surface area contributed by atoms with Crippen LogP contribution in [0.25, 0.3) is 0 Å². The zero-order valence-electron chi connectivity index (χ0n) is 13.3. The Kier molecular flexibility index (Phi) is 7.13. The quantitative estimate of drug-likeness (QED) is 0.187. The Bertz CT molecular complexity index is 937. The van der Waals surface area contributed by atoms with E-state index in [1.807, 2.05) is 0 Å². The van der Waals surface area contributed by atoms with E-state index in [0.29, 0.717) is 21.3 Å². The van der Waals surface area contributed by atoms with Crippen molar-refractivity contribution in [2.45, 2.75) is 11.3 Å². The second kappa shape index (κ2) is 8.92. The molecule has 0 saturated heterocycles. The number of azo groups is 1. The number of benzene rings is 2. The molecule has 0 unspecified atom stereocenters. The van der Waals surface area contributed by atoms with E-state index < -0.39 is 15.9 Å². The lowest BCUT2D eigenvalue weighted by Crippen LogP contribution is -2.09. The highest BCUT2D eigenvalue weighted by Gasteiger charge is 2.09. The van der Waals surface area contributed by atoms with Gasteiger partial charge in [0, 0.05) is 11.0 Å². The van der Waals surface area contributed by atoms with Crippen molar-refractivity contribution in [2.24, 2.45) is 10.2 Å². The maximum atomic E-state index is 10.7. The van der Waals surface area contributed by atoms with Crippen LogP contribution in [0.15, 0.2) is 45.5 Å². The standard InChI is InChI=1S/C15H15Cl2N3O4S2/c16-10-3-2-9(6-15(10)25)19-20-13-8-14(12(18)7-11(13)17)24-4-1-5-26(21,22)23/h2-3,6-8,25H,1,4-5,18H2,(H,21,22,23). The van der Waals surface area contributed by atoms with Gasteiger partial charge in [-0.2, -0.15) is 13.5 Å². The van der Waals surface area contributed by atoms with Crippen LogP contribution in [0.2, 0.25) is 10.0 Å². The SMILES string of the molecule is Nc1cc(Cl)c(N=Nc2ccc(Cl)c(S)c2)cc1OCCCS(=O)(=O)O. The summed E-state index contributed by atoms with van der Waals surface area (Å²) in [6.07, 6.45) is 0.104. The molecule has 0 radical (unpaired) electrons. The monoisotopic (exact) mass is 435 g/mol. The summed E-state index contributed by atoms with van der Waals surface area (Å²) in [7, 11) is -4.03. The van der Waals surface area contributed by atoms with Crippen molar-refractivity contribution in [2.75, 3.05) is 18.1 Å². The minimum Gasteiger partial charge on any atom is -0.491 e. The molecule has 0 heterocycles. The highest BCUT2D eigenvalue weighted by atomic mass is 35.5. The number of halogens is 2. The third-order valence-electron chi connectivity index (χ3n) is 3.09. The van der Waals surface area contributed by atoms with Crippen molar-refractivity contribution >= 4 is 63.0 Å². The van der Waals surface area contributed by atoms with Crippen molar-refractivity contribution in [1.82, 2.24) is 0 Å². The Morgan fingerprint density at radius 3 is 2.54 bits per heavy atom. The van der Waals surface area contributed by atoms with Gasteiger partial charge in [-0.3, -0.25) is 4.55 Å². The lowest BCUT2D eigenvalue weighted by Gasteiger charge is -2.10. The molecule has 0 aliphatic rings. The Morgan fingerprint density at radius 1 is 1.15 bits per heavy atom. The van der Waals surface area contributed by atoms with E-state index in [-0.39, 0.29) is 29.5 Å². The molecule has 26 heavy (non-hydrogen) atoms. The molecule has 2 aromatic rings. The number of thiol groups is 1. The van der Waals surface area contributed by atoms with Gasteiger partial charge in [0.05, 0.1) is 33.8 Å². The minimum absolute atomic E-state index is 0.0441. The van der Waals surface area contributed by atoms with Crippen LogP contribution < -0.4 is 10.5 Å². The summed E-state index contributed by atoms with van der Waals surface area (Å²) < 4.78 is 35.5. The van der Waals surface area contributed by atoms with E-state index in [1.54, 1.807) is 18.2 Å². The van der Waals surface area contributed by atoms with E-state index >= 15 is 0 Å². The summed E-state index contributed by atoms with van der Waals surface area (Å²) >= 11 is 16.2. The summed E-state index contributed by atoms with van der Waals surface area (Å²) in [5.41, 5.74) is 6.95. The Labute approximate surface area is 166 Å². The summed E-state index contributed by atoms with van der Waals surface area (Å²) in [5, 5.41) is 8.90. The van der Waals surface area contributed by atoms with E-state index in [4.69, 9.17) is 38.2 Å². The molecule has 0 amide bonds. The van der Waals surface area contributed by atoms with Gasteiger partial charge in [0.15, 0.2) is 0 Å². The van der Waals surface area contributed by atoms with E-state index in [1.165, 1.54) is 12.1 Å². The van der Waals surface area contributed by atoms with Gasteiger partial charge in [0.25, 0.3) is 10.1 Å². The molecule has 0 saturated carbocycles. The fraction of sp³-hybridized carbons (Fsp3) is 0.200. The molecule has 2 aromatic carbocycles. The zero-order chi connectivity index (χ0) is 19.3. The molecule has 0 aliphatic carbocycles. The number of nitrogens with zero attached hydrogens (tertiary/aromatic N) is 2. The Hall–Kier alpha value is -1.52. The predicted octanol–water partition coefficient (Wildman–Crippen LogP) is 4.94. The molecular formula is C15H15Cl2N3O4S2. The topological polar surface area (TPSA) is 114 Å². The average molecular weight is 436 g/mol. The summed E-state index contributed by atoms with van der Waals surface area (Å²) in [6.45, 7) is 0.0441. The molecule has 7 nitrogen and oxygen atoms in total. The molecule has 0 spiro atoms. The largest absolute Gasteiger partial charge is 0.491 e. The number of nitrogen functional groups attached to an aromatic ring is 1. The minimum atomic E-state index is -4.03. The van der Waals surface area contributed by atoms with Gasteiger partial charge in [-0.25, -0.2) is 0 Å². The number of hydrogen-bond acceptors (Lipinski definition) is 7. The molecule has 0 aromatic heterocycles. The molecule has 0 bridgehead atoms. The third-order valence-corrected chi connectivity index (χ3v) is 5.03. The van der Waals surface area contributed by atoms with Gasteiger partial charge < -0.3 is 10.5 Å². The van der Waals surface area contributed by atoms with Crippen LogP contribution >= 0.6 is 35.8 Å². The molecule has 0 fully saturated rings. The predicted molar refractivity (Wildman–Crippen MR) is 105 cm³/mol. The van der Waals surface area contributed by atoms with Gasteiger partial charge in [-0.15, -0.1) is 17.7 Å². The van der Waals surface area contributed by atoms with Crippen LogP contribution in [0, 0.1) is 0 Å². The summed E-state index contributed by atoms with van der Waals surface area (Å²) in [6, 6.07) is 7.91. The van der Waals surface area contributed by atoms with Crippen molar-refractivity contribution in [1.29, 1.82) is 0 Å². The number of hydrogen-bond donors (Lipinski definition) is 3. The first kappa shape index (κ1) is 20.8. The van der Waals surface area contributed by atoms with E-state index in [0.717, 1.165) is 0 Å². The maximum Gasteiger partial charge on any atom is 0.264 e. The molecule has 0 atom stereocenters. The van der Waals surface area contributed by atoms with Crippen LogP contribution in [-0.4, -0.2) is 25.3 Å². The van der Waals surface area contributed by atoms with Crippen LogP contribution in [0.1, 0.15) is 6.42 Å². The zero-order valence-corrected chi connectivity index (χ0v) is 16.5. The lowest BCUT2D eigenvalue weighted by molar-refractivity contribution is 0.318. The summed E-state index contributed by atoms with van der Waals surface area (Å²) in [4.78, 5) is 0.564. The molecule has 0 aliphatic heterocycles. The second-order valence-electron chi connectivity index (χ2n) is 5.17. The first-order valence-corrected chi connectivity index (χ1v) is 10.0. The smallest absolute Gasteiger partial charge is 0.264 e. The Balaban J connectivity index is 2.13. The third kappa shape index (κ3) is 6.33. The van der Waals surface area contributed by atoms with Gasteiger partial charge in [-0.05, 0) is 30.7 Å². The first-order chi connectivity index (χ1) is 12.2. The average Bonchev–Trinajstić information content (AvgIpc) is 2.54. The lowest BCUT2D eigenvalue weighted by atomic mass is 10.2. The van der Waals surface area contributed by atoms with Crippen LogP contribution in [0.4, 0.5) is 17.1 Å². The van der Waals surface area contributed by atoms with Crippen LogP contribution in [0.5, 0.6) is 5.75 Å². The number of ether oxygens (including phenoxy) is 1. The van der Waals surface area contributed by atoms with Gasteiger partial charge in [0.1, 0.15) is 11.4 Å². The fourth-order valence-corrected chi connectivity index (χ4v) is 2.87. The summed E-state index contributed by atoms with van der Waals surface area (Å²) in [5.74, 6) is -0.125. The van der Waals surface area contributed by atoms with E-state index in [9.17, 15) is 8.42 Å². The van der Waals surface area contributed by atoms with Crippen molar-refractivity contribution < 1.29 is 17.7 Å². The van der Waals surface area contributed by atoms with E-state index in [2.05, 4.69) is 22.9 Å². The molecule has 11 heteroatoms. The molecular weight excluding hydrogens is 421 g/mol. The van der Waals surface area contributed by atoms with Crippen molar-refractivity contribution in [3.8, 4) is 5.75 Å². The maximum absolute atomic E-state index is 10.7. The Morgan fingerprint density at radius 2 is 1.88 bits per heavy atom. The second-order valence-corrected chi connectivity index (χ2v) is 8.03. The molecule has 3 N–H and O–H groups in total. The number of rotatable bonds is 7. The normalized spacial score (nSPS) is 11.8. The number of nitrogens with two attached hydrogens (primary N) is 1. The van der Waals surface area contributed by atoms with Crippen molar-refractivity contribution in [3.63, 3.8) is 0 Å².